The quantitative estimate of drug-likeness (QED) is 0.317. The number of halogens is 7. The van der Waals surface area contributed by atoms with Crippen molar-refractivity contribution in [3.05, 3.63) is 88.6 Å². The number of aryl methyl sites for hydroxylation is 1. The van der Waals surface area contributed by atoms with Crippen molar-refractivity contribution in [1.82, 2.24) is 9.88 Å². The van der Waals surface area contributed by atoms with Gasteiger partial charge in [-0.1, -0.05) is 6.07 Å². The molecule has 2 aliphatic heterocycles. The van der Waals surface area contributed by atoms with Gasteiger partial charge in [-0.3, -0.25) is 4.79 Å². The molecule has 1 atom stereocenters. The molecule has 264 valence electrons. The van der Waals surface area contributed by atoms with Gasteiger partial charge in [0.1, 0.15) is 11.6 Å². The van der Waals surface area contributed by atoms with Crippen molar-refractivity contribution in [3.8, 4) is 11.1 Å². The maximum absolute atomic E-state index is 14.2. The summed E-state index contributed by atoms with van der Waals surface area (Å²) < 4.78 is 121. The normalized spacial score (nSPS) is 18.2. The second kappa shape index (κ2) is 12.6. The van der Waals surface area contributed by atoms with Crippen LogP contribution in [-0.2, 0) is 32.4 Å². The first-order valence-corrected chi connectivity index (χ1v) is 16.8. The zero-order valence-electron chi connectivity index (χ0n) is 26.8. The number of nitrogens with zero attached hydrogens (tertiary/aromatic N) is 4. The fourth-order valence-corrected chi connectivity index (χ4v) is 7.69. The van der Waals surface area contributed by atoms with E-state index < -0.39 is 68.7 Å². The van der Waals surface area contributed by atoms with E-state index in [1.807, 2.05) is 4.90 Å². The molecule has 0 spiro atoms. The van der Waals surface area contributed by atoms with Gasteiger partial charge < -0.3 is 19.8 Å². The predicted molar refractivity (Wildman–Crippen MR) is 169 cm³/mol. The number of aliphatic hydroxyl groups excluding tert-OH is 1. The maximum Gasteiger partial charge on any atom is 0.416 e. The molecule has 1 saturated heterocycles. The molecule has 5 rings (SSSR count). The Morgan fingerprint density at radius 1 is 0.980 bits per heavy atom. The number of aliphatic hydroxyl groups is 1. The van der Waals surface area contributed by atoms with E-state index in [-0.39, 0.29) is 42.2 Å². The standard InChI is InChI=1S/C33H33F7N4O4S/c1-19-9-23(34)5-6-26(19)27-13-29(44-16-25-18-49(47,48)8-7-43(25)15-24(44)17-45)41-14-28(27)42(4)30(46)31(2,3)20-10-21(32(35,36)37)12-22(11-20)33(38,39)40/h5-6,9-15,25,45H,7-8,16-18H2,1-4H3/t25-/m0/s1. The Labute approximate surface area is 278 Å². The molecule has 3 heterocycles. The van der Waals surface area contributed by atoms with Gasteiger partial charge in [-0.2, -0.15) is 26.3 Å². The molecular weight excluding hydrogens is 681 g/mol. The molecule has 49 heavy (non-hydrogen) atoms. The summed E-state index contributed by atoms with van der Waals surface area (Å²) in [6, 6.07) is 6.00. The molecule has 0 aliphatic carbocycles. The molecule has 0 bridgehead atoms. The number of hydrogen-bond donors (Lipinski definition) is 1. The molecule has 0 radical (unpaired) electrons. The third kappa shape index (κ3) is 7.25. The fraction of sp³-hybridized carbons (Fsp3) is 0.394. The number of amides is 1. The van der Waals surface area contributed by atoms with E-state index in [1.165, 1.54) is 45.3 Å². The SMILES string of the molecule is Cc1cc(F)ccc1-c1cc(N2C[C@H]3CS(=O)(=O)CCN3C=C2CO)ncc1N(C)C(=O)C(C)(C)c1cc(C(F)(F)F)cc(C(F)(F)F)c1. The lowest BCUT2D eigenvalue weighted by atomic mass is 9.81. The molecule has 1 fully saturated rings. The van der Waals surface area contributed by atoms with Crippen molar-refractivity contribution in [2.24, 2.45) is 0 Å². The van der Waals surface area contributed by atoms with Crippen LogP contribution in [0.25, 0.3) is 11.1 Å². The number of carbonyl (C=O) groups is 1. The molecule has 3 aromatic rings. The second-order valence-electron chi connectivity index (χ2n) is 12.7. The number of hydrogen-bond acceptors (Lipinski definition) is 7. The van der Waals surface area contributed by atoms with Gasteiger partial charge >= 0.3 is 12.4 Å². The first-order valence-electron chi connectivity index (χ1n) is 15.0. The molecule has 8 nitrogen and oxygen atoms in total. The third-order valence-corrected chi connectivity index (χ3v) is 10.6. The average molecular weight is 715 g/mol. The summed E-state index contributed by atoms with van der Waals surface area (Å²) in [7, 11) is -2.02. The highest BCUT2D eigenvalue weighted by Crippen LogP contribution is 2.42. The summed E-state index contributed by atoms with van der Waals surface area (Å²) in [6.45, 7) is 3.99. The highest BCUT2D eigenvalue weighted by molar-refractivity contribution is 7.91. The number of sulfone groups is 1. The Morgan fingerprint density at radius 2 is 1.59 bits per heavy atom. The predicted octanol–water partition coefficient (Wildman–Crippen LogP) is 5.93. The van der Waals surface area contributed by atoms with Gasteiger partial charge in [-0.15, -0.1) is 0 Å². The first kappa shape index (κ1) is 36.1. The van der Waals surface area contributed by atoms with Crippen LogP contribution in [0.15, 0.2) is 60.6 Å². The molecule has 0 saturated carbocycles. The van der Waals surface area contributed by atoms with Crippen LogP contribution in [0.4, 0.5) is 42.2 Å². The van der Waals surface area contributed by atoms with Crippen LogP contribution < -0.4 is 9.80 Å². The summed E-state index contributed by atoms with van der Waals surface area (Å²) in [4.78, 5) is 23.1. The molecule has 2 aliphatic rings. The Balaban J connectivity index is 1.61. The van der Waals surface area contributed by atoms with Gasteiger partial charge in [0.25, 0.3) is 0 Å². The highest BCUT2D eigenvalue weighted by Gasteiger charge is 2.42. The number of rotatable bonds is 6. The summed E-state index contributed by atoms with van der Waals surface area (Å²) in [5, 5.41) is 10.2. The van der Waals surface area contributed by atoms with E-state index >= 15 is 0 Å². The minimum atomic E-state index is -5.12. The largest absolute Gasteiger partial charge is 0.416 e. The van der Waals surface area contributed by atoms with Gasteiger partial charge in [0.15, 0.2) is 9.84 Å². The average Bonchev–Trinajstić information content (AvgIpc) is 3.01. The summed E-state index contributed by atoms with van der Waals surface area (Å²) in [5.74, 6) is -1.33. The fourth-order valence-electron chi connectivity index (χ4n) is 6.15. The van der Waals surface area contributed by atoms with Crippen molar-refractivity contribution in [1.29, 1.82) is 0 Å². The van der Waals surface area contributed by atoms with E-state index in [4.69, 9.17) is 0 Å². The molecule has 0 unspecified atom stereocenters. The third-order valence-electron chi connectivity index (χ3n) is 8.93. The lowest BCUT2D eigenvalue weighted by Gasteiger charge is -2.43. The molecule has 1 aromatic heterocycles. The van der Waals surface area contributed by atoms with Crippen LogP contribution in [0.2, 0.25) is 0 Å². The highest BCUT2D eigenvalue weighted by atomic mass is 32.2. The van der Waals surface area contributed by atoms with Crippen molar-refractivity contribution in [3.63, 3.8) is 0 Å². The van der Waals surface area contributed by atoms with E-state index in [2.05, 4.69) is 4.98 Å². The number of alkyl halides is 6. The Bertz CT molecular complexity index is 1890. The molecule has 2 aromatic carbocycles. The lowest BCUT2D eigenvalue weighted by molar-refractivity contribution is -0.143. The van der Waals surface area contributed by atoms with E-state index in [1.54, 1.807) is 24.1 Å². The van der Waals surface area contributed by atoms with E-state index in [0.29, 0.717) is 34.5 Å². The number of carbonyl (C=O) groups excluding carboxylic acids is 1. The van der Waals surface area contributed by atoms with Crippen molar-refractivity contribution in [2.75, 3.05) is 48.0 Å². The van der Waals surface area contributed by atoms with Gasteiger partial charge in [0, 0.05) is 31.9 Å². The van der Waals surface area contributed by atoms with Crippen LogP contribution in [0.5, 0.6) is 0 Å². The van der Waals surface area contributed by atoms with Gasteiger partial charge in [0.2, 0.25) is 5.91 Å². The smallest absolute Gasteiger partial charge is 0.390 e. The zero-order chi connectivity index (χ0) is 36.3. The Hall–Kier alpha value is -4.18. The maximum atomic E-state index is 14.2. The van der Waals surface area contributed by atoms with Crippen LogP contribution in [0.3, 0.4) is 0 Å². The second-order valence-corrected chi connectivity index (χ2v) is 14.9. The van der Waals surface area contributed by atoms with Crippen LogP contribution in [-0.4, -0.2) is 73.6 Å². The number of likely N-dealkylation sites (N-methyl/N-ethyl adjacent to an activating group) is 1. The molecule has 1 N–H and O–H groups in total. The molecule has 16 heteroatoms. The number of pyridine rings is 1. The van der Waals surface area contributed by atoms with Crippen LogP contribution in [0, 0.1) is 12.7 Å². The van der Waals surface area contributed by atoms with Crippen molar-refractivity contribution >= 4 is 27.2 Å². The zero-order valence-corrected chi connectivity index (χ0v) is 27.6. The molecule has 1 amide bonds. The van der Waals surface area contributed by atoms with Crippen LogP contribution >= 0.6 is 0 Å². The Morgan fingerprint density at radius 3 is 2.16 bits per heavy atom. The topological polar surface area (TPSA) is 94.1 Å². The van der Waals surface area contributed by atoms with Gasteiger partial charge in [-0.25, -0.2) is 17.8 Å². The monoisotopic (exact) mass is 714 g/mol. The number of aromatic nitrogens is 1. The number of anilines is 2. The van der Waals surface area contributed by atoms with Crippen molar-refractivity contribution < 1.29 is 49.1 Å². The summed E-state index contributed by atoms with van der Waals surface area (Å²) in [5.41, 5.74) is -3.86. The van der Waals surface area contributed by atoms with Crippen LogP contribution in [0.1, 0.15) is 36.1 Å². The number of fused-ring (bicyclic) bond motifs is 1. The molecular formula is C33H33F7N4O4S. The lowest BCUT2D eigenvalue weighted by Crippen LogP contribution is -2.55. The summed E-state index contributed by atoms with van der Waals surface area (Å²) >= 11 is 0. The van der Waals surface area contributed by atoms with Crippen molar-refractivity contribution in [2.45, 2.75) is 44.6 Å². The first-order chi connectivity index (χ1) is 22.6. The van der Waals surface area contributed by atoms with E-state index in [9.17, 15) is 49.1 Å². The minimum Gasteiger partial charge on any atom is -0.390 e. The number of benzene rings is 2. The Kier molecular flexibility index (Phi) is 9.29. The summed E-state index contributed by atoms with van der Waals surface area (Å²) in [6.07, 6.45) is -7.30. The van der Waals surface area contributed by atoms with Gasteiger partial charge in [-0.05, 0) is 73.9 Å². The van der Waals surface area contributed by atoms with Gasteiger partial charge in [0.05, 0.1) is 58.3 Å². The minimum absolute atomic E-state index is 0.0104. The van der Waals surface area contributed by atoms with E-state index in [0.717, 1.165) is 4.90 Å².